The molecule has 1 amide bonds. The van der Waals surface area contributed by atoms with Gasteiger partial charge in [0.25, 0.3) is 0 Å². The van der Waals surface area contributed by atoms with Crippen molar-refractivity contribution in [2.24, 2.45) is 34.3 Å². The van der Waals surface area contributed by atoms with Crippen molar-refractivity contribution in [3.63, 3.8) is 0 Å². The molecule has 3 saturated carbocycles. The molecule has 3 fully saturated rings. The number of fused-ring (bicyclic) bond motifs is 6. The van der Waals surface area contributed by atoms with Gasteiger partial charge in [-0.15, -0.1) is 0 Å². The number of Topliss-reactive ketones (excluding diaryl/α,β-unsaturated/α-hetero) is 1. The van der Waals surface area contributed by atoms with E-state index in [0.717, 1.165) is 10.8 Å². The van der Waals surface area contributed by atoms with Gasteiger partial charge in [-0.25, -0.2) is 14.0 Å². The minimum atomic E-state index is -2.11. The molecule has 11 nitrogen and oxygen atoms in total. The summed E-state index contributed by atoms with van der Waals surface area (Å²) in [5, 5.41) is 28.9. The largest absolute Gasteiger partial charge is 0.457 e. The maximum Gasteiger partial charge on any atom is 0.338 e. The van der Waals surface area contributed by atoms with Crippen molar-refractivity contribution in [1.82, 2.24) is 0 Å². The van der Waals surface area contributed by atoms with Crippen LogP contribution in [0.2, 0.25) is 0 Å². The highest BCUT2D eigenvalue weighted by Gasteiger charge is 2.75. The zero-order valence-corrected chi connectivity index (χ0v) is 34.9. The normalized spacial score (nSPS) is 30.3. The van der Waals surface area contributed by atoms with Gasteiger partial charge >= 0.3 is 11.9 Å². The molecule has 0 radical (unpaired) electrons. The van der Waals surface area contributed by atoms with Gasteiger partial charge < -0.3 is 30.7 Å². The Bertz CT molecular complexity index is 2520. The minimum Gasteiger partial charge on any atom is -0.457 e. The Hall–Kier alpha value is -5.82. The van der Waals surface area contributed by atoms with Crippen molar-refractivity contribution >= 4 is 45.9 Å². The molecule has 0 saturated heterocycles. The number of amides is 1. The number of carbonyl (C=O) groups excluding carboxylic acids is 5. The van der Waals surface area contributed by atoms with Crippen LogP contribution in [0, 0.1) is 28.6 Å². The minimum absolute atomic E-state index is 0.0533. The number of anilines is 1. The number of ketones is 2. The van der Waals surface area contributed by atoms with Crippen LogP contribution in [0.25, 0.3) is 10.8 Å². The molecule has 4 aromatic rings. The molecular formula is C50H51FN2O9. The van der Waals surface area contributed by atoms with Crippen molar-refractivity contribution in [3.8, 4) is 0 Å². The van der Waals surface area contributed by atoms with E-state index in [9.17, 15) is 34.2 Å². The molecule has 4 aliphatic carbocycles. The monoisotopic (exact) mass is 842 g/mol. The Balaban J connectivity index is 0.850. The number of benzene rings is 4. The summed E-state index contributed by atoms with van der Waals surface area (Å²) >= 11 is 0. The van der Waals surface area contributed by atoms with Crippen LogP contribution in [0.15, 0.2) is 115 Å². The second-order valence-electron chi connectivity index (χ2n) is 17.9. The zero-order chi connectivity index (χ0) is 44.2. The second-order valence-corrected chi connectivity index (χ2v) is 17.9. The maximum atomic E-state index is 17.5. The number of aliphatic hydroxyl groups is 2. The Kier molecular flexibility index (Phi) is 11.2. The number of halogens is 1. The lowest BCUT2D eigenvalue weighted by atomic mass is 9.44. The predicted octanol–water partition coefficient (Wildman–Crippen LogP) is 6.95. The molecule has 4 aliphatic rings. The third-order valence-corrected chi connectivity index (χ3v) is 14.7. The third-order valence-electron chi connectivity index (χ3n) is 14.7. The van der Waals surface area contributed by atoms with Gasteiger partial charge in [0.05, 0.1) is 23.1 Å². The molecule has 0 heterocycles. The van der Waals surface area contributed by atoms with E-state index in [1.165, 1.54) is 36.4 Å². The fourth-order valence-corrected chi connectivity index (χ4v) is 11.2. The summed E-state index contributed by atoms with van der Waals surface area (Å²) in [7, 11) is 0. The summed E-state index contributed by atoms with van der Waals surface area (Å²) in [5.41, 5.74) is 2.40. The van der Waals surface area contributed by atoms with E-state index in [1.54, 1.807) is 51.1 Å². The molecule has 12 heteroatoms. The number of hydrogen-bond acceptors (Lipinski definition) is 10. The number of ether oxygens (including phenoxy) is 2. The summed E-state index contributed by atoms with van der Waals surface area (Å²) in [6, 6.07) is 26.2. The molecule has 0 aliphatic heterocycles. The van der Waals surface area contributed by atoms with Gasteiger partial charge in [0.2, 0.25) is 11.7 Å². The molecule has 0 aromatic heterocycles. The number of esters is 2. The number of allylic oxidation sites excluding steroid dienone is 4. The Morgan fingerprint density at radius 1 is 0.903 bits per heavy atom. The Morgan fingerprint density at radius 2 is 1.56 bits per heavy atom. The van der Waals surface area contributed by atoms with Crippen LogP contribution in [-0.4, -0.2) is 70.2 Å². The smallest absolute Gasteiger partial charge is 0.338 e. The van der Waals surface area contributed by atoms with Gasteiger partial charge in [0.15, 0.2) is 18.1 Å². The number of hydrogen-bond donors (Lipinski definition) is 4. The van der Waals surface area contributed by atoms with Crippen molar-refractivity contribution in [1.29, 1.82) is 0 Å². The van der Waals surface area contributed by atoms with E-state index < -0.39 is 76.2 Å². The Labute approximate surface area is 359 Å². The predicted molar refractivity (Wildman–Crippen MR) is 230 cm³/mol. The highest BCUT2D eigenvalue weighted by molar-refractivity contribution is 6.01. The molecule has 322 valence electrons. The van der Waals surface area contributed by atoms with E-state index in [4.69, 9.17) is 15.2 Å². The highest BCUT2D eigenvalue weighted by atomic mass is 19.1. The lowest BCUT2D eigenvalue weighted by Crippen LogP contribution is -2.69. The fraction of sp³-hybridized carbons (Fsp3) is 0.380. The first-order chi connectivity index (χ1) is 29.5. The number of aliphatic hydroxyl groups excluding tert-OH is 1. The number of carbonyl (C=O) groups is 5. The molecule has 5 N–H and O–H groups in total. The van der Waals surface area contributed by atoms with E-state index in [1.807, 2.05) is 42.5 Å². The van der Waals surface area contributed by atoms with Crippen molar-refractivity contribution in [2.45, 2.75) is 76.4 Å². The summed E-state index contributed by atoms with van der Waals surface area (Å²) in [6.45, 7) is 4.44. The summed E-state index contributed by atoms with van der Waals surface area (Å²) in [4.78, 5) is 65.3. The molecule has 8 rings (SSSR count). The molecule has 0 spiro atoms. The van der Waals surface area contributed by atoms with Gasteiger partial charge in [-0.1, -0.05) is 80.1 Å². The van der Waals surface area contributed by atoms with Crippen LogP contribution in [0.5, 0.6) is 0 Å². The average Bonchev–Trinajstić information content (AvgIpc) is 3.47. The van der Waals surface area contributed by atoms with E-state index in [2.05, 4.69) is 5.32 Å². The first-order valence-corrected chi connectivity index (χ1v) is 21.1. The standard InChI is InChI=1S/C50H51FN2O9/c1-29-22-41-40-19-17-36-24-38(54)20-21-47(36,2)49(40,51)42(55)25-48(41,3)50(29,60)43(56)28-62-46(59)34-14-12-33(13-15-34)45(58)61-27-30-8-10-32(11-9-30)39(26-52)44(57)53-37-18-16-31-6-4-5-7-35(31)23-37/h4-16,18,20-21,23-24,29,39-42,55,60H,17,19,22,25-28,52H2,1-3H3,(H,53,57)/t29-,39-,40+,41+,42+,47+,48+,49+,50+/m1/s1. The summed E-state index contributed by atoms with van der Waals surface area (Å²) < 4.78 is 28.4. The van der Waals surface area contributed by atoms with Crippen molar-refractivity contribution in [3.05, 3.63) is 137 Å². The average molecular weight is 843 g/mol. The molecule has 0 unspecified atom stereocenters. The van der Waals surface area contributed by atoms with Crippen LogP contribution in [0.4, 0.5) is 10.1 Å². The van der Waals surface area contributed by atoms with Gasteiger partial charge in [0, 0.05) is 29.0 Å². The van der Waals surface area contributed by atoms with Crippen LogP contribution in [-0.2, 0) is 30.5 Å². The molecular weight excluding hydrogens is 792 g/mol. The lowest BCUT2D eigenvalue weighted by Gasteiger charge is -2.62. The van der Waals surface area contributed by atoms with Gasteiger partial charge in [-0.3, -0.25) is 14.4 Å². The highest BCUT2D eigenvalue weighted by Crippen LogP contribution is 2.70. The summed E-state index contributed by atoms with van der Waals surface area (Å²) in [6.07, 6.45) is 3.78. The van der Waals surface area contributed by atoms with Crippen LogP contribution >= 0.6 is 0 Å². The summed E-state index contributed by atoms with van der Waals surface area (Å²) in [5.74, 6) is -5.05. The molecule has 62 heavy (non-hydrogen) atoms. The number of rotatable bonds is 11. The zero-order valence-electron chi connectivity index (χ0n) is 34.9. The van der Waals surface area contributed by atoms with Crippen LogP contribution < -0.4 is 11.1 Å². The second kappa shape index (κ2) is 16.1. The fourth-order valence-electron chi connectivity index (χ4n) is 11.2. The maximum absolute atomic E-state index is 17.5. The van der Waals surface area contributed by atoms with Crippen molar-refractivity contribution < 1.29 is 48.0 Å². The first kappa shape index (κ1) is 42.9. The van der Waals surface area contributed by atoms with Crippen molar-refractivity contribution in [2.75, 3.05) is 18.5 Å². The third kappa shape index (κ3) is 6.98. The number of alkyl halides is 1. The Morgan fingerprint density at radius 3 is 2.24 bits per heavy atom. The first-order valence-electron chi connectivity index (χ1n) is 21.1. The number of nitrogens with one attached hydrogen (secondary N) is 1. The van der Waals surface area contributed by atoms with Gasteiger partial charge in [0.1, 0.15) is 12.2 Å². The number of nitrogens with two attached hydrogens (primary N) is 1. The van der Waals surface area contributed by atoms with E-state index >= 15 is 4.39 Å². The molecule has 4 aromatic carbocycles. The topological polar surface area (TPSA) is 182 Å². The SMILES string of the molecule is C[C@@H]1C[C@H]2[C@@H]3CCC4=CC(=O)C=C[C@]4(C)[C@@]3(F)[C@@H](O)C[C@]2(C)[C@@]1(O)C(=O)COC(=O)c1ccc(C(=O)OCc2ccc([C@@H](CN)C(=O)Nc3ccc4ccccc4c3)cc2)cc1. The van der Waals surface area contributed by atoms with Gasteiger partial charge in [-0.2, -0.15) is 0 Å². The molecule has 0 bridgehead atoms. The van der Waals surface area contributed by atoms with E-state index in [-0.39, 0.29) is 42.4 Å². The quantitative estimate of drug-likeness (QED) is 0.115. The van der Waals surface area contributed by atoms with Gasteiger partial charge in [-0.05, 0) is 115 Å². The van der Waals surface area contributed by atoms with Crippen LogP contribution in [0.3, 0.4) is 0 Å². The lowest BCUT2D eigenvalue weighted by molar-refractivity contribution is -0.219. The molecule has 9 atom stereocenters. The van der Waals surface area contributed by atoms with E-state index in [0.29, 0.717) is 41.6 Å². The van der Waals surface area contributed by atoms with Crippen LogP contribution in [0.1, 0.15) is 84.2 Å².